The highest BCUT2D eigenvalue weighted by Crippen LogP contribution is 2.05. The molecule has 37 heavy (non-hydrogen) atoms. The third-order valence-corrected chi connectivity index (χ3v) is 5.67. The second kappa shape index (κ2) is 15.3. The van der Waals surface area contributed by atoms with Crippen LogP contribution in [0.25, 0.3) is 0 Å². The van der Waals surface area contributed by atoms with Crippen LogP contribution in [0.15, 0.2) is 60.7 Å². The van der Waals surface area contributed by atoms with Gasteiger partial charge >= 0.3 is 0 Å². The van der Waals surface area contributed by atoms with Gasteiger partial charge in [-0.05, 0) is 11.1 Å². The molecule has 0 spiro atoms. The zero-order valence-electron chi connectivity index (χ0n) is 20.2. The normalized spacial score (nSPS) is 12.9. The number of amides is 5. The average molecular weight is 529 g/mol. The molecule has 2 aromatic rings. The summed E-state index contributed by atoms with van der Waals surface area (Å²) >= 11 is 3.94. The van der Waals surface area contributed by atoms with E-state index in [-0.39, 0.29) is 25.1 Å². The molecule has 2 aromatic carbocycles. The zero-order valence-corrected chi connectivity index (χ0v) is 21.1. The van der Waals surface area contributed by atoms with Crippen LogP contribution >= 0.6 is 12.6 Å². The van der Waals surface area contributed by atoms with Gasteiger partial charge in [-0.25, -0.2) is 0 Å². The molecule has 0 saturated carbocycles. The Bertz CT molecular complexity index is 1070. The first-order valence-electron chi connectivity index (χ1n) is 11.6. The van der Waals surface area contributed by atoms with Crippen LogP contribution in [0, 0.1) is 0 Å². The number of hydrogen-bond donors (Lipinski definition) is 7. The molecule has 8 N–H and O–H groups in total. The third kappa shape index (κ3) is 10.7. The summed E-state index contributed by atoms with van der Waals surface area (Å²) in [4.78, 5) is 61.3. The summed E-state index contributed by atoms with van der Waals surface area (Å²) in [6, 6.07) is 15.1. The first-order valence-corrected chi connectivity index (χ1v) is 12.2. The summed E-state index contributed by atoms with van der Waals surface area (Å²) < 4.78 is 0. The van der Waals surface area contributed by atoms with Crippen LogP contribution in [0.5, 0.6) is 0 Å². The highest BCUT2D eigenvalue weighted by atomic mass is 32.1. The van der Waals surface area contributed by atoms with Gasteiger partial charge in [-0.1, -0.05) is 60.7 Å². The van der Waals surface area contributed by atoms with Gasteiger partial charge < -0.3 is 32.7 Å². The molecule has 0 aliphatic heterocycles. The number of carbonyl (C=O) groups excluding carboxylic acids is 5. The van der Waals surface area contributed by atoms with Crippen molar-refractivity contribution in [3.8, 4) is 0 Å². The molecule has 12 heteroatoms. The van der Waals surface area contributed by atoms with E-state index in [1.807, 2.05) is 12.1 Å². The van der Waals surface area contributed by atoms with Gasteiger partial charge in [0.25, 0.3) is 0 Å². The van der Waals surface area contributed by atoms with Crippen LogP contribution in [-0.4, -0.2) is 66.5 Å². The van der Waals surface area contributed by atoms with Gasteiger partial charge in [0, 0.05) is 18.6 Å². The Morgan fingerprint density at radius 3 is 1.59 bits per heavy atom. The molecule has 198 valence electrons. The van der Waals surface area contributed by atoms with Crippen molar-refractivity contribution in [1.29, 1.82) is 0 Å². The van der Waals surface area contributed by atoms with Crippen molar-refractivity contribution >= 4 is 42.2 Å². The maximum Gasteiger partial charge on any atom is 0.243 e. The number of thiol groups is 1. The number of nitrogens with one attached hydrogen (secondary N) is 4. The van der Waals surface area contributed by atoms with Crippen molar-refractivity contribution in [1.82, 2.24) is 21.3 Å². The minimum Gasteiger partial charge on any atom is -0.368 e. The van der Waals surface area contributed by atoms with Crippen molar-refractivity contribution in [2.75, 3.05) is 18.8 Å². The molecule has 0 aliphatic carbocycles. The molecular weight excluding hydrogens is 496 g/mol. The van der Waals surface area contributed by atoms with Crippen LogP contribution in [0.3, 0.4) is 0 Å². The molecule has 0 aromatic heterocycles. The van der Waals surface area contributed by atoms with E-state index in [1.54, 1.807) is 48.5 Å². The first-order chi connectivity index (χ1) is 17.7. The van der Waals surface area contributed by atoms with E-state index in [0.717, 1.165) is 11.1 Å². The molecule has 3 atom stereocenters. The van der Waals surface area contributed by atoms with Gasteiger partial charge in [-0.3, -0.25) is 24.0 Å². The highest BCUT2D eigenvalue weighted by molar-refractivity contribution is 7.80. The van der Waals surface area contributed by atoms with Crippen molar-refractivity contribution in [3.63, 3.8) is 0 Å². The van der Waals surface area contributed by atoms with Gasteiger partial charge in [0.2, 0.25) is 29.5 Å². The van der Waals surface area contributed by atoms with E-state index in [4.69, 9.17) is 11.5 Å². The van der Waals surface area contributed by atoms with Crippen molar-refractivity contribution < 1.29 is 24.0 Å². The molecule has 0 heterocycles. The molecule has 0 fully saturated rings. The maximum atomic E-state index is 12.9. The lowest BCUT2D eigenvalue weighted by Gasteiger charge is -2.20. The van der Waals surface area contributed by atoms with Gasteiger partial charge in [0.05, 0.1) is 19.1 Å². The van der Waals surface area contributed by atoms with E-state index >= 15 is 0 Å². The molecule has 5 amide bonds. The van der Waals surface area contributed by atoms with Gasteiger partial charge in [0.1, 0.15) is 12.1 Å². The fraction of sp³-hybridized carbons (Fsp3) is 0.320. The lowest BCUT2D eigenvalue weighted by atomic mass is 10.0. The topological polar surface area (TPSA) is 186 Å². The van der Waals surface area contributed by atoms with E-state index in [0.29, 0.717) is 0 Å². The number of carbonyl (C=O) groups is 5. The largest absolute Gasteiger partial charge is 0.368 e. The SMILES string of the molecule is NC(=O)[C@H](Cc1ccccc1)NC(=O)CNC(=O)[C@H](Cc1ccccc1)NC(=O)CNC(=O)[C@@H](N)CS. The van der Waals surface area contributed by atoms with Crippen molar-refractivity contribution in [2.24, 2.45) is 11.5 Å². The summed E-state index contributed by atoms with van der Waals surface area (Å²) in [5, 5.41) is 9.93. The monoisotopic (exact) mass is 528 g/mol. The van der Waals surface area contributed by atoms with Gasteiger partial charge in [-0.15, -0.1) is 0 Å². The summed E-state index contributed by atoms with van der Waals surface area (Å²) in [5.74, 6) is -3.01. The Balaban J connectivity index is 1.97. The molecule has 0 saturated heterocycles. The Kier molecular flexibility index (Phi) is 12.1. The Morgan fingerprint density at radius 1 is 0.703 bits per heavy atom. The number of nitrogens with two attached hydrogens (primary N) is 2. The van der Waals surface area contributed by atoms with Crippen molar-refractivity contribution in [2.45, 2.75) is 31.0 Å². The number of rotatable bonds is 14. The number of hydrogen-bond acceptors (Lipinski definition) is 7. The predicted octanol–water partition coefficient (Wildman–Crippen LogP) is -1.58. The Labute approximate surface area is 220 Å². The van der Waals surface area contributed by atoms with Crippen LogP contribution < -0.4 is 32.7 Å². The molecule has 2 rings (SSSR count). The molecule has 0 radical (unpaired) electrons. The Hall–Kier alpha value is -3.90. The molecule has 0 unspecified atom stereocenters. The zero-order chi connectivity index (χ0) is 27.2. The van der Waals surface area contributed by atoms with E-state index in [9.17, 15) is 24.0 Å². The summed E-state index contributed by atoms with van der Waals surface area (Å²) in [5.41, 5.74) is 12.6. The molecule has 11 nitrogen and oxygen atoms in total. The van der Waals surface area contributed by atoms with Crippen LogP contribution in [0.1, 0.15) is 11.1 Å². The summed E-state index contributed by atoms with van der Waals surface area (Å²) in [7, 11) is 0. The highest BCUT2D eigenvalue weighted by Gasteiger charge is 2.24. The average Bonchev–Trinajstić information content (AvgIpc) is 2.90. The van der Waals surface area contributed by atoms with E-state index in [2.05, 4.69) is 33.9 Å². The quantitative estimate of drug-likeness (QED) is 0.145. The minimum absolute atomic E-state index is 0.108. The summed E-state index contributed by atoms with van der Waals surface area (Å²) in [6.45, 7) is -0.828. The molecule has 0 aliphatic rings. The van der Waals surface area contributed by atoms with Crippen LogP contribution in [0.4, 0.5) is 0 Å². The van der Waals surface area contributed by atoms with Crippen LogP contribution in [0.2, 0.25) is 0 Å². The number of benzene rings is 2. The molecule has 0 bridgehead atoms. The third-order valence-electron chi connectivity index (χ3n) is 5.28. The molecular formula is C25H32N6O5S. The van der Waals surface area contributed by atoms with Crippen LogP contribution in [-0.2, 0) is 36.8 Å². The van der Waals surface area contributed by atoms with Gasteiger partial charge in [-0.2, -0.15) is 12.6 Å². The predicted molar refractivity (Wildman–Crippen MR) is 141 cm³/mol. The first kappa shape index (κ1) is 29.3. The minimum atomic E-state index is -1.03. The second-order valence-corrected chi connectivity index (χ2v) is 8.61. The van der Waals surface area contributed by atoms with Gasteiger partial charge in [0.15, 0.2) is 0 Å². The Morgan fingerprint density at radius 2 is 1.14 bits per heavy atom. The standard InChI is InChI=1S/C25H32N6O5S/c26-18(15-37)24(35)28-13-22(33)31-20(12-17-9-5-2-6-10-17)25(36)29-14-21(32)30-19(23(27)34)11-16-7-3-1-4-8-16/h1-10,18-20,37H,11-15,26H2,(H2,27,34)(H,28,35)(H,29,36)(H,30,32)(H,31,33)/t18-,19-,20-/m0/s1. The summed E-state index contributed by atoms with van der Waals surface area (Å²) in [6.07, 6.45) is 0.340. The van der Waals surface area contributed by atoms with E-state index in [1.165, 1.54) is 0 Å². The fourth-order valence-electron chi connectivity index (χ4n) is 3.29. The van der Waals surface area contributed by atoms with Crippen molar-refractivity contribution in [3.05, 3.63) is 71.8 Å². The lowest BCUT2D eigenvalue weighted by molar-refractivity contribution is -0.131. The van der Waals surface area contributed by atoms with E-state index < -0.39 is 54.2 Å². The lowest BCUT2D eigenvalue weighted by Crippen LogP contribution is -2.54. The fourth-order valence-corrected chi connectivity index (χ4v) is 3.46. The maximum absolute atomic E-state index is 12.9. The smallest absolute Gasteiger partial charge is 0.243 e. The second-order valence-electron chi connectivity index (χ2n) is 8.25. The number of primary amides is 1.